The number of H-pyrrole nitrogens is 2. The molecule has 0 unspecified atom stereocenters. The molecule has 3 aromatic rings. The molecule has 0 radical (unpaired) electrons. The van der Waals surface area contributed by atoms with Crippen LogP contribution in [0.2, 0.25) is 0 Å². The molecule has 3 rings (SSSR count). The number of aldehydes is 1. The van der Waals surface area contributed by atoms with E-state index in [0.717, 1.165) is 19.2 Å². The fourth-order valence-corrected chi connectivity index (χ4v) is 3.06. The number of nitrogen functional groups attached to an aromatic ring is 1. The van der Waals surface area contributed by atoms with Gasteiger partial charge in [-0.15, -0.1) is 0 Å². The van der Waals surface area contributed by atoms with Gasteiger partial charge in [-0.2, -0.15) is 23.4 Å². The number of halogens is 4. The summed E-state index contributed by atoms with van der Waals surface area (Å²) in [5, 5.41) is 11.3. The lowest BCUT2D eigenvalue weighted by Crippen LogP contribution is -2.24. The highest BCUT2D eigenvalue weighted by Gasteiger charge is 2.36. The van der Waals surface area contributed by atoms with Gasteiger partial charge in [0.15, 0.2) is 6.29 Å². The molecule has 0 atom stereocenters. The van der Waals surface area contributed by atoms with E-state index in [2.05, 4.69) is 27.1 Å². The number of carbonyl (C=O) groups excluding carboxylic acids is 1. The van der Waals surface area contributed by atoms with Crippen LogP contribution >= 0.6 is 0 Å². The Kier molecular flexibility index (Phi) is 9.74. The molecule has 0 fully saturated rings. The lowest BCUT2D eigenvalue weighted by atomic mass is 10.0. The average Bonchev–Trinajstić information content (AvgIpc) is 3.32. The first-order valence-electron chi connectivity index (χ1n) is 10.7. The van der Waals surface area contributed by atoms with Gasteiger partial charge in [-0.1, -0.05) is 19.8 Å². The van der Waals surface area contributed by atoms with Crippen molar-refractivity contribution >= 4 is 18.0 Å². The van der Waals surface area contributed by atoms with E-state index in [-0.39, 0.29) is 0 Å². The largest absolute Gasteiger partial charge is 0.423 e. The Morgan fingerprint density at radius 2 is 1.89 bits per heavy atom. The van der Waals surface area contributed by atoms with E-state index in [1.54, 1.807) is 23.4 Å². The van der Waals surface area contributed by atoms with Crippen molar-refractivity contribution in [3.63, 3.8) is 0 Å². The van der Waals surface area contributed by atoms with Crippen LogP contribution < -0.4 is 11.3 Å². The average molecular weight is 494 g/mol. The second-order valence-electron chi connectivity index (χ2n) is 7.58. The SMILES string of the molecule is CCCCCN(C)/C=C\c1cc(-c2ccn[nH]2)c(F)cc1C=O.Nc1cn[nH]c(=O)c1C(F)(F)F. The molecule has 8 nitrogen and oxygen atoms in total. The minimum absolute atomic E-state index is 0.337. The second kappa shape index (κ2) is 12.5. The van der Waals surface area contributed by atoms with Crippen LogP contribution in [0.5, 0.6) is 0 Å². The maximum atomic E-state index is 14.1. The summed E-state index contributed by atoms with van der Waals surface area (Å²) in [6.07, 6.45) is 5.51. The highest BCUT2D eigenvalue weighted by atomic mass is 19.4. The standard InChI is InChI=1S/C18H22FN3O.C5H4F3N3O/c1-3-4-5-9-22(2)10-7-14-11-16(18-6-8-20-21-18)17(19)12-15(14)13-23;6-5(7,8)3-2(9)1-10-11-4(3)12/h6-8,10-13H,3-5,9H2,1-2H3,(H,20,21);1H,(H3,9,11,12)/b10-7-;. The first kappa shape index (κ1) is 27.3. The quantitative estimate of drug-likeness (QED) is 0.241. The minimum Gasteiger partial charge on any atom is -0.397 e. The molecule has 1 aromatic carbocycles. The number of anilines is 1. The zero-order chi connectivity index (χ0) is 26.0. The Labute approximate surface area is 198 Å². The number of rotatable bonds is 8. The van der Waals surface area contributed by atoms with Crippen LogP contribution in [0.25, 0.3) is 17.3 Å². The van der Waals surface area contributed by atoms with Crippen molar-refractivity contribution in [1.29, 1.82) is 0 Å². The Morgan fingerprint density at radius 3 is 2.43 bits per heavy atom. The fraction of sp³-hybridized carbons (Fsp3) is 0.304. The van der Waals surface area contributed by atoms with Gasteiger partial charge < -0.3 is 10.6 Å². The van der Waals surface area contributed by atoms with Gasteiger partial charge in [0.2, 0.25) is 0 Å². The lowest BCUT2D eigenvalue weighted by Gasteiger charge is -2.13. The number of hydrogen-bond donors (Lipinski definition) is 3. The van der Waals surface area contributed by atoms with Crippen molar-refractivity contribution in [2.45, 2.75) is 32.4 Å². The third-order valence-electron chi connectivity index (χ3n) is 4.88. The highest BCUT2D eigenvalue weighted by Crippen LogP contribution is 2.29. The number of aromatic amines is 2. The van der Waals surface area contributed by atoms with Crippen molar-refractivity contribution < 1.29 is 22.4 Å². The summed E-state index contributed by atoms with van der Waals surface area (Å²) in [7, 11) is 1.99. The summed E-state index contributed by atoms with van der Waals surface area (Å²) >= 11 is 0. The van der Waals surface area contributed by atoms with E-state index >= 15 is 0 Å². The Hall–Kier alpha value is -3.96. The van der Waals surface area contributed by atoms with Crippen molar-refractivity contribution in [3.05, 3.63) is 69.7 Å². The molecule has 188 valence electrons. The number of alkyl halides is 3. The maximum Gasteiger partial charge on any atom is 0.423 e. The zero-order valence-corrected chi connectivity index (χ0v) is 19.2. The van der Waals surface area contributed by atoms with Crippen LogP contribution in [-0.2, 0) is 6.18 Å². The van der Waals surface area contributed by atoms with E-state index in [1.165, 1.54) is 18.9 Å². The predicted octanol–water partition coefficient (Wildman–Crippen LogP) is 4.49. The first-order valence-corrected chi connectivity index (χ1v) is 10.7. The van der Waals surface area contributed by atoms with E-state index < -0.39 is 28.8 Å². The second-order valence-corrected chi connectivity index (χ2v) is 7.58. The molecule has 0 spiro atoms. The van der Waals surface area contributed by atoms with Crippen LogP contribution in [0.1, 0.15) is 47.7 Å². The fourth-order valence-electron chi connectivity index (χ4n) is 3.06. The minimum atomic E-state index is -4.74. The predicted molar refractivity (Wildman–Crippen MR) is 125 cm³/mol. The monoisotopic (exact) mass is 494 g/mol. The highest BCUT2D eigenvalue weighted by molar-refractivity contribution is 5.84. The van der Waals surface area contributed by atoms with Crippen molar-refractivity contribution in [2.75, 3.05) is 19.3 Å². The molecule has 2 aromatic heterocycles. The van der Waals surface area contributed by atoms with Crippen LogP contribution in [0, 0.1) is 5.82 Å². The summed E-state index contributed by atoms with van der Waals surface area (Å²) in [4.78, 5) is 23.8. The van der Waals surface area contributed by atoms with Crippen LogP contribution in [0.4, 0.5) is 23.2 Å². The summed E-state index contributed by atoms with van der Waals surface area (Å²) in [6.45, 7) is 3.12. The van der Waals surface area contributed by atoms with E-state index in [9.17, 15) is 27.2 Å². The summed E-state index contributed by atoms with van der Waals surface area (Å²) in [5.74, 6) is -0.440. The summed E-state index contributed by atoms with van der Waals surface area (Å²) in [5.41, 5.74) is 3.51. The topological polar surface area (TPSA) is 121 Å². The van der Waals surface area contributed by atoms with Gasteiger partial charge in [0.1, 0.15) is 11.4 Å². The summed E-state index contributed by atoms with van der Waals surface area (Å²) in [6, 6.07) is 4.63. The number of nitrogens with zero attached hydrogens (tertiary/aromatic N) is 3. The number of carbonyl (C=O) groups is 1. The molecule has 2 heterocycles. The number of aromatic nitrogens is 4. The molecule has 0 saturated heterocycles. The molecule has 0 bridgehead atoms. The van der Waals surface area contributed by atoms with Crippen molar-refractivity contribution in [2.24, 2.45) is 0 Å². The van der Waals surface area contributed by atoms with Crippen LogP contribution in [-0.4, -0.2) is 45.2 Å². The first-order chi connectivity index (χ1) is 16.6. The van der Waals surface area contributed by atoms with E-state index in [4.69, 9.17) is 5.73 Å². The number of nitrogens with one attached hydrogen (secondary N) is 2. The zero-order valence-electron chi connectivity index (χ0n) is 19.2. The van der Waals surface area contributed by atoms with Gasteiger partial charge in [-0.05, 0) is 42.5 Å². The molecule has 0 amide bonds. The van der Waals surface area contributed by atoms with Crippen LogP contribution in [0.15, 0.2) is 41.6 Å². The third-order valence-corrected chi connectivity index (χ3v) is 4.88. The van der Waals surface area contributed by atoms with Gasteiger partial charge in [0.25, 0.3) is 5.56 Å². The molecule has 35 heavy (non-hydrogen) atoms. The number of hydrogen-bond acceptors (Lipinski definition) is 6. The molecule has 0 aliphatic rings. The molecule has 4 N–H and O–H groups in total. The Bertz CT molecular complexity index is 1190. The number of benzene rings is 1. The lowest BCUT2D eigenvalue weighted by molar-refractivity contribution is -0.138. The molecule has 0 aliphatic carbocycles. The Morgan fingerprint density at radius 1 is 1.14 bits per heavy atom. The van der Waals surface area contributed by atoms with Crippen molar-refractivity contribution in [1.82, 2.24) is 25.3 Å². The Balaban J connectivity index is 0.000000303. The molecule has 0 saturated carbocycles. The molecular weight excluding hydrogens is 468 g/mol. The van der Waals surface area contributed by atoms with Gasteiger partial charge in [-0.25, -0.2) is 9.49 Å². The molecule has 0 aliphatic heterocycles. The van der Waals surface area contributed by atoms with Gasteiger partial charge in [0.05, 0.1) is 17.6 Å². The molecule has 12 heteroatoms. The van der Waals surface area contributed by atoms with Crippen LogP contribution in [0.3, 0.4) is 0 Å². The van der Waals surface area contributed by atoms with E-state index in [0.29, 0.717) is 28.7 Å². The van der Waals surface area contributed by atoms with E-state index in [1.807, 2.05) is 19.3 Å². The summed E-state index contributed by atoms with van der Waals surface area (Å²) < 4.78 is 50.1. The molecular formula is C23H26F4N6O2. The van der Waals surface area contributed by atoms with Gasteiger partial charge in [-0.3, -0.25) is 14.7 Å². The van der Waals surface area contributed by atoms with Gasteiger partial charge in [0, 0.05) is 30.9 Å². The van der Waals surface area contributed by atoms with Crippen molar-refractivity contribution in [3.8, 4) is 11.3 Å². The maximum absolute atomic E-state index is 14.1. The van der Waals surface area contributed by atoms with Gasteiger partial charge >= 0.3 is 6.18 Å². The number of nitrogens with two attached hydrogens (primary N) is 1. The third kappa shape index (κ3) is 7.80. The smallest absolute Gasteiger partial charge is 0.397 e. The number of unbranched alkanes of at least 4 members (excludes halogenated alkanes) is 2. The normalized spacial score (nSPS) is 11.3.